The molecular formula is C17H24Cl2N2O2. The van der Waals surface area contributed by atoms with Gasteiger partial charge in [0.15, 0.2) is 0 Å². The van der Waals surface area contributed by atoms with Gasteiger partial charge in [0.2, 0.25) is 11.8 Å². The van der Waals surface area contributed by atoms with Gasteiger partial charge in [-0.15, -0.1) is 0 Å². The SMILES string of the molecule is CCC(=O)N(Cc1ccc(Cl)cc1Cl)[C@@H](C)C(=O)NC(C)(C)C. The van der Waals surface area contributed by atoms with E-state index in [9.17, 15) is 9.59 Å². The average Bonchev–Trinajstić information content (AvgIpc) is 2.43. The normalized spacial score (nSPS) is 12.7. The highest BCUT2D eigenvalue weighted by Gasteiger charge is 2.27. The molecule has 0 spiro atoms. The summed E-state index contributed by atoms with van der Waals surface area (Å²) in [6.07, 6.45) is 0.318. The maximum atomic E-state index is 12.4. The molecular weight excluding hydrogens is 335 g/mol. The molecule has 1 aromatic rings. The summed E-state index contributed by atoms with van der Waals surface area (Å²) in [6, 6.07) is 4.53. The van der Waals surface area contributed by atoms with Gasteiger partial charge in [-0.2, -0.15) is 0 Å². The van der Waals surface area contributed by atoms with Crippen molar-refractivity contribution < 1.29 is 9.59 Å². The zero-order valence-electron chi connectivity index (χ0n) is 14.2. The Labute approximate surface area is 148 Å². The largest absolute Gasteiger partial charge is 0.350 e. The monoisotopic (exact) mass is 358 g/mol. The lowest BCUT2D eigenvalue weighted by atomic mass is 10.1. The molecule has 128 valence electrons. The Morgan fingerprint density at radius 1 is 1.26 bits per heavy atom. The van der Waals surface area contributed by atoms with E-state index in [1.165, 1.54) is 4.90 Å². The fraction of sp³-hybridized carbons (Fsp3) is 0.529. The third-order valence-electron chi connectivity index (χ3n) is 3.32. The molecule has 0 aromatic heterocycles. The van der Waals surface area contributed by atoms with E-state index >= 15 is 0 Å². The lowest BCUT2D eigenvalue weighted by Gasteiger charge is -2.31. The Balaban J connectivity index is 3.00. The number of amides is 2. The number of hydrogen-bond donors (Lipinski definition) is 1. The molecule has 0 radical (unpaired) electrons. The second kappa shape index (κ2) is 8.02. The Morgan fingerprint density at radius 3 is 2.35 bits per heavy atom. The van der Waals surface area contributed by atoms with Crippen molar-refractivity contribution >= 4 is 35.0 Å². The van der Waals surface area contributed by atoms with Crippen LogP contribution < -0.4 is 5.32 Å². The molecule has 1 aromatic carbocycles. The Morgan fingerprint density at radius 2 is 1.87 bits per heavy atom. The minimum Gasteiger partial charge on any atom is -0.350 e. The molecule has 0 bridgehead atoms. The highest BCUT2D eigenvalue weighted by Crippen LogP contribution is 2.23. The minimum absolute atomic E-state index is 0.104. The van der Waals surface area contributed by atoms with Crippen LogP contribution in [-0.4, -0.2) is 28.3 Å². The fourth-order valence-electron chi connectivity index (χ4n) is 2.09. The first-order chi connectivity index (χ1) is 10.5. The Hall–Kier alpha value is -1.26. The Kier molecular flexibility index (Phi) is 6.90. The summed E-state index contributed by atoms with van der Waals surface area (Å²) in [5.74, 6) is -0.294. The highest BCUT2D eigenvalue weighted by molar-refractivity contribution is 6.35. The molecule has 0 saturated heterocycles. The van der Waals surface area contributed by atoms with Gasteiger partial charge in [0.25, 0.3) is 0 Å². The van der Waals surface area contributed by atoms with E-state index in [0.29, 0.717) is 16.5 Å². The van der Waals surface area contributed by atoms with E-state index in [1.54, 1.807) is 32.0 Å². The zero-order chi connectivity index (χ0) is 17.8. The Bertz CT molecular complexity index is 582. The first-order valence-corrected chi connectivity index (χ1v) is 8.36. The van der Waals surface area contributed by atoms with Gasteiger partial charge in [-0.3, -0.25) is 9.59 Å². The summed E-state index contributed by atoms with van der Waals surface area (Å²) >= 11 is 12.1. The summed E-state index contributed by atoms with van der Waals surface area (Å²) in [6.45, 7) is 9.46. The van der Waals surface area contributed by atoms with Gasteiger partial charge >= 0.3 is 0 Å². The molecule has 6 heteroatoms. The van der Waals surface area contributed by atoms with E-state index in [4.69, 9.17) is 23.2 Å². The number of halogens is 2. The number of rotatable bonds is 5. The quantitative estimate of drug-likeness (QED) is 0.863. The second-order valence-electron chi connectivity index (χ2n) is 6.53. The van der Waals surface area contributed by atoms with Crippen molar-refractivity contribution in [2.45, 2.75) is 59.2 Å². The predicted octanol–water partition coefficient (Wildman–Crippen LogP) is 4.04. The molecule has 0 unspecified atom stereocenters. The maximum absolute atomic E-state index is 12.4. The summed E-state index contributed by atoms with van der Waals surface area (Å²) in [7, 11) is 0. The van der Waals surface area contributed by atoms with Gasteiger partial charge in [-0.25, -0.2) is 0 Å². The number of carbonyl (C=O) groups excluding carboxylic acids is 2. The number of hydrogen-bond acceptors (Lipinski definition) is 2. The van der Waals surface area contributed by atoms with Gasteiger partial charge in [0.05, 0.1) is 0 Å². The van der Waals surface area contributed by atoms with E-state index in [0.717, 1.165) is 5.56 Å². The molecule has 0 aliphatic carbocycles. The van der Waals surface area contributed by atoms with Crippen molar-refractivity contribution in [3.63, 3.8) is 0 Å². The molecule has 4 nitrogen and oxygen atoms in total. The zero-order valence-corrected chi connectivity index (χ0v) is 15.8. The smallest absolute Gasteiger partial charge is 0.242 e. The molecule has 23 heavy (non-hydrogen) atoms. The van der Waals surface area contributed by atoms with E-state index in [-0.39, 0.29) is 23.9 Å². The number of nitrogens with one attached hydrogen (secondary N) is 1. The van der Waals surface area contributed by atoms with Crippen LogP contribution in [0.2, 0.25) is 10.0 Å². The molecule has 0 aliphatic rings. The van der Waals surface area contributed by atoms with Crippen LogP contribution in [-0.2, 0) is 16.1 Å². The lowest BCUT2D eigenvalue weighted by molar-refractivity contribution is -0.141. The minimum atomic E-state index is -0.589. The highest BCUT2D eigenvalue weighted by atomic mass is 35.5. The third-order valence-corrected chi connectivity index (χ3v) is 3.91. The summed E-state index contributed by atoms with van der Waals surface area (Å²) in [5.41, 5.74) is 0.401. The maximum Gasteiger partial charge on any atom is 0.242 e. The molecule has 2 amide bonds. The standard InChI is InChI=1S/C17H24Cl2N2O2/c1-6-15(22)21(11(2)16(23)20-17(3,4)5)10-12-7-8-13(18)9-14(12)19/h7-9,11H,6,10H2,1-5H3,(H,20,23)/t11-/m0/s1. The lowest BCUT2D eigenvalue weighted by Crippen LogP contribution is -2.52. The van der Waals surface area contributed by atoms with Crippen molar-refractivity contribution in [3.05, 3.63) is 33.8 Å². The predicted molar refractivity (Wildman–Crippen MR) is 94.7 cm³/mol. The molecule has 1 N–H and O–H groups in total. The summed E-state index contributed by atoms with van der Waals surface area (Å²) < 4.78 is 0. The molecule has 0 aliphatic heterocycles. The van der Waals surface area contributed by atoms with Gasteiger partial charge in [0, 0.05) is 28.5 Å². The van der Waals surface area contributed by atoms with E-state index in [2.05, 4.69) is 5.32 Å². The van der Waals surface area contributed by atoms with Crippen LogP contribution in [0.3, 0.4) is 0 Å². The molecule has 0 heterocycles. The van der Waals surface area contributed by atoms with Gasteiger partial charge < -0.3 is 10.2 Å². The van der Waals surface area contributed by atoms with Crippen LogP contribution in [0.15, 0.2) is 18.2 Å². The first kappa shape index (κ1) is 19.8. The van der Waals surface area contributed by atoms with Crippen molar-refractivity contribution in [2.24, 2.45) is 0 Å². The molecule has 0 saturated carbocycles. The topological polar surface area (TPSA) is 49.4 Å². The van der Waals surface area contributed by atoms with Crippen LogP contribution in [0.5, 0.6) is 0 Å². The first-order valence-electron chi connectivity index (χ1n) is 7.60. The third kappa shape index (κ3) is 6.04. The van der Waals surface area contributed by atoms with E-state index in [1.807, 2.05) is 20.8 Å². The van der Waals surface area contributed by atoms with Gasteiger partial charge in [-0.05, 0) is 45.4 Å². The van der Waals surface area contributed by atoms with Crippen molar-refractivity contribution in [1.82, 2.24) is 10.2 Å². The number of nitrogens with zero attached hydrogens (tertiary/aromatic N) is 1. The van der Waals surface area contributed by atoms with Crippen LogP contribution in [0, 0.1) is 0 Å². The average molecular weight is 359 g/mol. The van der Waals surface area contributed by atoms with Crippen molar-refractivity contribution in [1.29, 1.82) is 0 Å². The summed E-state index contributed by atoms with van der Waals surface area (Å²) in [5, 5.41) is 3.92. The van der Waals surface area contributed by atoms with Crippen molar-refractivity contribution in [3.8, 4) is 0 Å². The van der Waals surface area contributed by atoms with Gasteiger partial charge in [0.1, 0.15) is 6.04 Å². The van der Waals surface area contributed by atoms with Gasteiger partial charge in [-0.1, -0.05) is 36.2 Å². The second-order valence-corrected chi connectivity index (χ2v) is 7.37. The molecule has 0 fully saturated rings. The number of benzene rings is 1. The molecule has 1 atom stereocenters. The van der Waals surface area contributed by atoms with Crippen LogP contribution in [0.25, 0.3) is 0 Å². The fourth-order valence-corrected chi connectivity index (χ4v) is 2.56. The van der Waals surface area contributed by atoms with Crippen LogP contribution >= 0.6 is 23.2 Å². The van der Waals surface area contributed by atoms with Crippen LogP contribution in [0.1, 0.15) is 46.6 Å². The van der Waals surface area contributed by atoms with Crippen LogP contribution in [0.4, 0.5) is 0 Å². The summed E-state index contributed by atoms with van der Waals surface area (Å²) in [4.78, 5) is 26.2. The van der Waals surface area contributed by atoms with E-state index < -0.39 is 6.04 Å². The molecule has 1 rings (SSSR count). The number of carbonyl (C=O) groups is 2. The van der Waals surface area contributed by atoms with Crippen molar-refractivity contribution in [2.75, 3.05) is 0 Å².